The predicted octanol–water partition coefficient (Wildman–Crippen LogP) is 3.80. The van der Waals surface area contributed by atoms with Gasteiger partial charge in [0.05, 0.1) is 24.6 Å². The van der Waals surface area contributed by atoms with Gasteiger partial charge < -0.3 is 9.32 Å². The Bertz CT molecular complexity index is 923. The van der Waals surface area contributed by atoms with Crippen molar-refractivity contribution < 1.29 is 14.0 Å². The highest BCUT2D eigenvalue weighted by molar-refractivity contribution is 6.30. The van der Waals surface area contributed by atoms with Gasteiger partial charge in [0.15, 0.2) is 0 Å². The molecule has 2 aromatic rings. The Labute approximate surface area is 188 Å². The third-order valence-corrected chi connectivity index (χ3v) is 5.96. The summed E-state index contributed by atoms with van der Waals surface area (Å²) in [5, 5.41) is 6.79. The van der Waals surface area contributed by atoms with Crippen LogP contribution in [0.15, 0.2) is 52.2 Å². The van der Waals surface area contributed by atoms with E-state index in [0.717, 1.165) is 11.3 Å². The van der Waals surface area contributed by atoms with E-state index in [1.807, 2.05) is 32.0 Å². The van der Waals surface area contributed by atoms with Gasteiger partial charge in [-0.25, -0.2) is 5.01 Å². The number of amides is 2. The second-order valence-electron chi connectivity index (χ2n) is 7.63. The topological polar surface area (TPSA) is 69.4 Å². The number of hydrogen-bond acceptors (Lipinski definition) is 5. The SMILES string of the molecule is CCN(CC)C(=O)CN(C)C(C)C(=O)N1N=C(c2ccc(Cl)cc2)CC1c1ccco1. The number of halogens is 1. The number of likely N-dealkylation sites (N-methyl/N-ethyl adjacent to an activating group) is 2. The maximum atomic E-state index is 13.4. The molecule has 1 aromatic heterocycles. The van der Waals surface area contributed by atoms with Crippen LogP contribution in [0, 0.1) is 0 Å². The average molecular weight is 445 g/mol. The molecule has 0 saturated heterocycles. The van der Waals surface area contributed by atoms with Crippen molar-refractivity contribution in [1.82, 2.24) is 14.8 Å². The molecule has 2 heterocycles. The van der Waals surface area contributed by atoms with Gasteiger partial charge in [-0.15, -0.1) is 0 Å². The fourth-order valence-electron chi connectivity index (χ4n) is 3.64. The van der Waals surface area contributed by atoms with Crippen LogP contribution in [0.1, 0.15) is 44.6 Å². The monoisotopic (exact) mass is 444 g/mol. The quantitative estimate of drug-likeness (QED) is 0.621. The van der Waals surface area contributed by atoms with Crippen LogP contribution >= 0.6 is 11.6 Å². The Morgan fingerprint density at radius 2 is 1.90 bits per heavy atom. The summed E-state index contributed by atoms with van der Waals surface area (Å²) in [7, 11) is 1.78. The van der Waals surface area contributed by atoms with Crippen LogP contribution in [-0.4, -0.2) is 65.1 Å². The van der Waals surface area contributed by atoms with E-state index >= 15 is 0 Å². The molecule has 2 amide bonds. The van der Waals surface area contributed by atoms with Crippen molar-refractivity contribution in [1.29, 1.82) is 0 Å². The molecule has 2 unspecified atom stereocenters. The number of carbonyl (C=O) groups excluding carboxylic acids is 2. The van der Waals surface area contributed by atoms with Crippen LogP contribution in [0.25, 0.3) is 0 Å². The number of rotatable bonds is 8. The molecule has 8 heteroatoms. The minimum Gasteiger partial charge on any atom is -0.467 e. The van der Waals surface area contributed by atoms with Crippen molar-refractivity contribution in [2.75, 3.05) is 26.7 Å². The van der Waals surface area contributed by atoms with Crippen molar-refractivity contribution in [2.45, 2.75) is 39.3 Å². The summed E-state index contributed by atoms with van der Waals surface area (Å²) in [4.78, 5) is 29.4. The van der Waals surface area contributed by atoms with Crippen LogP contribution in [0.3, 0.4) is 0 Å². The first-order valence-corrected chi connectivity index (χ1v) is 10.9. The molecule has 31 heavy (non-hydrogen) atoms. The van der Waals surface area contributed by atoms with E-state index in [9.17, 15) is 9.59 Å². The lowest BCUT2D eigenvalue weighted by atomic mass is 10.0. The molecule has 1 aromatic carbocycles. The number of nitrogens with zero attached hydrogens (tertiary/aromatic N) is 4. The van der Waals surface area contributed by atoms with Crippen molar-refractivity contribution >= 4 is 29.1 Å². The fourth-order valence-corrected chi connectivity index (χ4v) is 3.77. The first-order chi connectivity index (χ1) is 14.8. The summed E-state index contributed by atoms with van der Waals surface area (Å²) in [6.45, 7) is 7.15. The van der Waals surface area contributed by atoms with Gasteiger partial charge in [0.1, 0.15) is 11.8 Å². The molecule has 0 N–H and O–H groups in total. The molecule has 166 valence electrons. The van der Waals surface area contributed by atoms with Crippen LogP contribution in [-0.2, 0) is 9.59 Å². The molecule has 0 bridgehead atoms. The third kappa shape index (κ3) is 5.17. The van der Waals surface area contributed by atoms with Crippen LogP contribution in [0.2, 0.25) is 5.02 Å². The van der Waals surface area contributed by atoms with Gasteiger partial charge in [-0.1, -0.05) is 23.7 Å². The van der Waals surface area contributed by atoms with Crippen LogP contribution in [0.5, 0.6) is 0 Å². The minimum atomic E-state index is -0.523. The molecule has 1 aliphatic rings. The molecule has 0 saturated carbocycles. The molecule has 3 rings (SSSR count). The third-order valence-electron chi connectivity index (χ3n) is 5.70. The summed E-state index contributed by atoms with van der Waals surface area (Å²) < 4.78 is 5.60. The zero-order valence-electron chi connectivity index (χ0n) is 18.4. The summed E-state index contributed by atoms with van der Waals surface area (Å²) in [6, 6.07) is 10.2. The smallest absolute Gasteiger partial charge is 0.260 e. The highest BCUT2D eigenvalue weighted by Crippen LogP contribution is 2.34. The van der Waals surface area contributed by atoms with E-state index in [1.165, 1.54) is 5.01 Å². The molecular weight excluding hydrogens is 416 g/mol. The Hall–Kier alpha value is -2.64. The molecule has 0 radical (unpaired) electrons. The number of carbonyl (C=O) groups is 2. The van der Waals surface area contributed by atoms with Gasteiger partial charge in [-0.2, -0.15) is 5.10 Å². The molecule has 1 aliphatic heterocycles. The maximum Gasteiger partial charge on any atom is 0.260 e. The standard InChI is InChI=1S/C23H29ClN4O3/c1-5-27(6-2)22(29)15-26(4)16(3)23(30)28-20(21-8-7-13-31-21)14-19(25-28)17-9-11-18(24)12-10-17/h7-13,16,20H,5-6,14-15H2,1-4H3. The van der Waals surface area contributed by atoms with Gasteiger partial charge >= 0.3 is 0 Å². The average Bonchev–Trinajstić information content (AvgIpc) is 3.44. The second kappa shape index (κ2) is 10.1. The van der Waals surface area contributed by atoms with E-state index in [1.54, 1.807) is 48.2 Å². The van der Waals surface area contributed by atoms with Crippen molar-refractivity contribution in [3.63, 3.8) is 0 Å². The number of hydrazone groups is 1. The lowest BCUT2D eigenvalue weighted by molar-refractivity contribution is -0.140. The second-order valence-corrected chi connectivity index (χ2v) is 8.07. The molecule has 7 nitrogen and oxygen atoms in total. The maximum absolute atomic E-state index is 13.4. The largest absolute Gasteiger partial charge is 0.467 e. The van der Waals surface area contributed by atoms with E-state index in [0.29, 0.717) is 30.3 Å². The first-order valence-electron chi connectivity index (χ1n) is 10.5. The van der Waals surface area contributed by atoms with Gasteiger partial charge in [-0.3, -0.25) is 14.5 Å². The van der Waals surface area contributed by atoms with Crippen LogP contribution < -0.4 is 0 Å². The van der Waals surface area contributed by atoms with E-state index in [4.69, 9.17) is 16.0 Å². The molecule has 2 atom stereocenters. The summed E-state index contributed by atoms with van der Waals surface area (Å²) >= 11 is 6.01. The van der Waals surface area contributed by atoms with Crippen molar-refractivity contribution in [3.8, 4) is 0 Å². The van der Waals surface area contributed by atoms with Crippen molar-refractivity contribution in [2.24, 2.45) is 5.10 Å². The molecule has 0 fully saturated rings. The lowest BCUT2D eigenvalue weighted by Crippen LogP contribution is -2.48. The van der Waals surface area contributed by atoms with Gasteiger partial charge in [0.25, 0.3) is 5.91 Å². The zero-order valence-corrected chi connectivity index (χ0v) is 19.2. The van der Waals surface area contributed by atoms with Gasteiger partial charge in [0, 0.05) is 24.5 Å². The Morgan fingerprint density at radius 3 is 2.48 bits per heavy atom. The highest BCUT2D eigenvalue weighted by Gasteiger charge is 2.38. The van der Waals surface area contributed by atoms with Crippen molar-refractivity contribution in [3.05, 3.63) is 59.0 Å². The van der Waals surface area contributed by atoms with E-state index in [-0.39, 0.29) is 24.4 Å². The molecule has 0 aliphatic carbocycles. The normalized spacial score (nSPS) is 17.0. The molecule has 0 spiro atoms. The van der Waals surface area contributed by atoms with Gasteiger partial charge in [0.2, 0.25) is 5.91 Å². The summed E-state index contributed by atoms with van der Waals surface area (Å²) in [5.41, 5.74) is 1.70. The zero-order chi connectivity index (χ0) is 22.5. The number of benzene rings is 1. The Morgan fingerprint density at radius 1 is 1.23 bits per heavy atom. The predicted molar refractivity (Wildman–Crippen MR) is 121 cm³/mol. The van der Waals surface area contributed by atoms with Crippen LogP contribution in [0.4, 0.5) is 0 Å². The Balaban J connectivity index is 1.81. The fraction of sp³-hybridized carbons (Fsp3) is 0.435. The van der Waals surface area contributed by atoms with Gasteiger partial charge in [-0.05, 0) is 57.6 Å². The number of hydrogen-bond donors (Lipinski definition) is 0. The summed E-state index contributed by atoms with van der Waals surface area (Å²) in [5.74, 6) is 0.497. The van der Waals surface area contributed by atoms with E-state index in [2.05, 4.69) is 5.10 Å². The molecular formula is C23H29ClN4O3. The van der Waals surface area contributed by atoms with E-state index < -0.39 is 6.04 Å². The minimum absolute atomic E-state index is 0.00140. The number of furan rings is 1. The summed E-state index contributed by atoms with van der Waals surface area (Å²) in [6.07, 6.45) is 2.13. The highest BCUT2D eigenvalue weighted by atomic mass is 35.5. The first kappa shape index (κ1) is 23.0. The Kier molecular flexibility index (Phi) is 7.51. The lowest BCUT2D eigenvalue weighted by Gasteiger charge is -2.30.